The maximum Gasteiger partial charge on any atom is 0.404 e. The molecule has 0 aromatic rings. The Bertz CT molecular complexity index is 145. The van der Waals surface area contributed by atoms with Crippen LogP contribution < -0.4 is 5.73 Å². The molecule has 0 spiro atoms. The van der Waals surface area contributed by atoms with Crippen molar-refractivity contribution in [1.29, 1.82) is 0 Å². The van der Waals surface area contributed by atoms with E-state index in [-0.39, 0.29) is 6.42 Å². The van der Waals surface area contributed by atoms with Crippen molar-refractivity contribution >= 4 is 40.9 Å². The van der Waals surface area contributed by atoms with E-state index in [4.69, 9.17) is 40.5 Å². The first kappa shape index (κ1) is 11.1. The molecule has 0 aromatic carbocycles. The number of primary amides is 1. The van der Waals surface area contributed by atoms with Crippen molar-refractivity contribution in [1.82, 2.24) is 0 Å². The summed E-state index contributed by atoms with van der Waals surface area (Å²) in [5, 5.41) is 0. The largest absolute Gasteiger partial charge is 0.447 e. The Labute approximate surface area is 79.7 Å². The van der Waals surface area contributed by atoms with Gasteiger partial charge in [0.25, 0.3) is 0 Å². The second-order valence-corrected chi connectivity index (χ2v) is 4.58. The van der Waals surface area contributed by atoms with Gasteiger partial charge in [-0.05, 0) is 6.92 Å². The van der Waals surface area contributed by atoms with Gasteiger partial charge >= 0.3 is 6.09 Å². The summed E-state index contributed by atoms with van der Waals surface area (Å²) in [5.74, 6) is 0. The zero-order chi connectivity index (χ0) is 9.07. The molecule has 0 aliphatic rings. The van der Waals surface area contributed by atoms with E-state index in [1.807, 2.05) is 0 Å². The molecule has 6 heteroatoms. The number of hydrogen-bond acceptors (Lipinski definition) is 2. The molecule has 0 rings (SSSR count). The third-order valence-electron chi connectivity index (χ3n) is 0.836. The lowest BCUT2D eigenvalue weighted by Gasteiger charge is -2.16. The highest BCUT2D eigenvalue weighted by Gasteiger charge is 2.24. The maximum absolute atomic E-state index is 10.2. The van der Waals surface area contributed by atoms with Crippen LogP contribution in [0.5, 0.6) is 0 Å². The molecular formula is C5H8Cl3NO2. The monoisotopic (exact) mass is 219 g/mol. The summed E-state index contributed by atoms with van der Waals surface area (Å²) in [6.45, 7) is 1.59. The Kier molecular flexibility index (Phi) is 4.29. The lowest BCUT2D eigenvalue weighted by Crippen LogP contribution is -2.24. The molecule has 2 N–H and O–H groups in total. The van der Waals surface area contributed by atoms with Gasteiger partial charge in [0.2, 0.25) is 0 Å². The van der Waals surface area contributed by atoms with Gasteiger partial charge < -0.3 is 10.5 Å². The second kappa shape index (κ2) is 4.24. The number of alkyl halides is 3. The van der Waals surface area contributed by atoms with Gasteiger partial charge in [0.15, 0.2) is 3.79 Å². The van der Waals surface area contributed by atoms with Crippen LogP contribution in [0.2, 0.25) is 0 Å². The minimum absolute atomic E-state index is 0.126. The predicted molar refractivity (Wildman–Crippen MR) is 45.0 cm³/mol. The Hall–Kier alpha value is 0.140. The summed E-state index contributed by atoms with van der Waals surface area (Å²) in [4.78, 5) is 10.2. The van der Waals surface area contributed by atoms with Crippen molar-refractivity contribution < 1.29 is 9.53 Å². The molecule has 0 radical (unpaired) electrons. The van der Waals surface area contributed by atoms with Gasteiger partial charge in [0.05, 0.1) is 0 Å². The molecule has 0 aliphatic heterocycles. The summed E-state index contributed by atoms with van der Waals surface area (Å²) < 4.78 is 3.10. The first-order chi connectivity index (χ1) is 4.81. The molecule has 3 nitrogen and oxygen atoms in total. The van der Waals surface area contributed by atoms with E-state index in [0.717, 1.165) is 0 Å². The van der Waals surface area contributed by atoms with Crippen molar-refractivity contribution in [3.63, 3.8) is 0 Å². The number of ether oxygens (including phenoxy) is 1. The van der Waals surface area contributed by atoms with Crippen LogP contribution in [0.25, 0.3) is 0 Å². The summed E-state index contributed by atoms with van der Waals surface area (Å²) in [6, 6.07) is 0. The van der Waals surface area contributed by atoms with Crippen LogP contribution in [0.3, 0.4) is 0 Å². The number of amides is 1. The fraction of sp³-hybridized carbons (Fsp3) is 0.800. The van der Waals surface area contributed by atoms with Gasteiger partial charge in [-0.3, -0.25) is 0 Å². The smallest absolute Gasteiger partial charge is 0.404 e. The zero-order valence-corrected chi connectivity index (χ0v) is 8.08. The Morgan fingerprint density at radius 1 is 1.64 bits per heavy atom. The van der Waals surface area contributed by atoms with Gasteiger partial charge in [-0.1, -0.05) is 34.8 Å². The number of rotatable bonds is 2. The highest BCUT2D eigenvalue weighted by Crippen LogP contribution is 2.31. The van der Waals surface area contributed by atoms with Crippen LogP contribution in [0, 0.1) is 0 Å². The van der Waals surface area contributed by atoms with Crippen LogP contribution >= 0.6 is 34.8 Å². The Morgan fingerprint density at radius 3 is 2.36 bits per heavy atom. The molecule has 0 heterocycles. The van der Waals surface area contributed by atoms with Gasteiger partial charge in [0, 0.05) is 6.42 Å². The molecule has 0 saturated carbocycles. The molecule has 66 valence electrons. The number of hydrogen-bond donors (Lipinski definition) is 1. The summed E-state index contributed by atoms with van der Waals surface area (Å²) >= 11 is 16.2. The van der Waals surface area contributed by atoms with Crippen LogP contribution in [0.1, 0.15) is 13.3 Å². The highest BCUT2D eigenvalue weighted by molar-refractivity contribution is 6.67. The molecule has 1 amide bonds. The molecular weight excluding hydrogens is 212 g/mol. The van der Waals surface area contributed by atoms with Gasteiger partial charge in [-0.15, -0.1) is 0 Å². The predicted octanol–water partition coefficient (Wildman–Crippen LogP) is 2.23. The van der Waals surface area contributed by atoms with E-state index in [0.29, 0.717) is 0 Å². The standard InChI is InChI=1S/C5H8Cl3NO2/c1-3(11-4(9)10)2-5(6,7)8/h3H,2H2,1H3,(H2,9,10). The molecule has 0 saturated heterocycles. The number of nitrogens with two attached hydrogens (primary N) is 1. The van der Waals surface area contributed by atoms with Crippen LogP contribution in [0.15, 0.2) is 0 Å². The molecule has 0 fully saturated rings. The van der Waals surface area contributed by atoms with Crippen LogP contribution in [-0.4, -0.2) is 16.0 Å². The SMILES string of the molecule is CC(CC(Cl)(Cl)Cl)OC(N)=O. The normalized spacial score (nSPS) is 14.2. The molecule has 0 aromatic heterocycles. The molecule has 1 unspecified atom stereocenters. The van der Waals surface area contributed by atoms with Crippen molar-refractivity contribution in [2.75, 3.05) is 0 Å². The van der Waals surface area contributed by atoms with E-state index in [1.165, 1.54) is 0 Å². The van der Waals surface area contributed by atoms with E-state index < -0.39 is 16.0 Å². The van der Waals surface area contributed by atoms with E-state index >= 15 is 0 Å². The number of halogens is 3. The topological polar surface area (TPSA) is 52.3 Å². The van der Waals surface area contributed by atoms with Crippen LogP contribution in [-0.2, 0) is 4.74 Å². The summed E-state index contributed by atoms with van der Waals surface area (Å²) in [7, 11) is 0. The van der Waals surface area contributed by atoms with Gasteiger partial charge in [-0.25, -0.2) is 4.79 Å². The lowest BCUT2D eigenvalue weighted by atomic mass is 10.3. The van der Waals surface area contributed by atoms with Crippen LogP contribution in [0.4, 0.5) is 4.79 Å². The minimum Gasteiger partial charge on any atom is -0.447 e. The Morgan fingerprint density at radius 2 is 2.09 bits per heavy atom. The summed E-state index contributed by atoms with van der Waals surface area (Å²) in [6.07, 6.45) is -1.23. The maximum atomic E-state index is 10.2. The molecule has 1 atom stereocenters. The van der Waals surface area contributed by atoms with Gasteiger partial charge in [-0.2, -0.15) is 0 Å². The van der Waals surface area contributed by atoms with Crippen molar-refractivity contribution in [2.45, 2.75) is 23.2 Å². The quantitative estimate of drug-likeness (QED) is 0.726. The number of carbonyl (C=O) groups excluding carboxylic acids is 1. The molecule has 0 aliphatic carbocycles. The fourth-order valence-corrected chi connectivity index (χ4v) is 1.22. The van der Waals surface area contributed by atoms with Crippen molar-refractivity contribution in [3.8, 4) is 0 Å². The van der Waals surface area contributed by atoms with E-state index in [9.17, 15) is 4.79 Å². The summed E-state index contributed by atoms with van der Waals surface area (Å²) in [5.41, 5.74) is 4.72. The number of carbonyl (C=O) groups is 1. The zero-order valence-electron chi connectivity index (χ0n) is 5.81. The minimum atomic E-state index is -1.41. The third kappa shape index (κ3) is 8.04. The first-order valence-corrected chi connectivity index (χ1v) is 3.97. The average Bonchev–Trinajstić information content (AvgIpc) is 1.53. The van der Waals surface area contributed by atoms with Crippen molar-refractivity contribution in [3.05, 3.63) is 0 Å². The highest BCUT2D eigenvalue weighted by atomic mass is 35.6. The third-order valence-corrected chi connectivity index (χ3v) is 1.30. The molecule has 11 heavy (non-hydrogen) atoms. The fourth-order valence-electron chi connectivity index (χ4n) is 0.566. The van der Waals surface area contributed by atoms with E-state index in [2.05, 4.69) is 4.74 Å². The van der Waals surface area contributed by atoms with Crippen molar-refractivity contribution in [2.24, 2.45) is 5.73 Å². The average molecular weight is 220 g/mol. The first-order valence-electron chi connectivity index (χ1n) is 2.84. The van der Waals surface area contributed by atoms with E-state index in [1.54, 1.807) is 6.92 Å². The van der Waals surface area contributed by atoms with Gasteiger partial charge in [0.1, 0.15) is 6.10 Å². The Balaban J connectivity index is 3.69. The molecule has 0 bridgehead atoms. The lowest BCUT2D eigenvalue weighted by molar-refractivity contribution is 0.112. The second-order valence-electron chi connectivity index (χ2n) is 2.07.